The van der Waals surface area contributed by atoms with Crippen molar-refractivity contribution < 1.29 is 162 Å². The molecule has 0 radical (unpaired) electrons. The van der Waals surface area contributed by atoms with Crippen LogP contribution in [0.3, 0.4) is 0 Å². The van der Waals surface area contributed by atoms with Gasteiger partial charge in [0.25, 0.3) is 0 Å². The fourth-order valence-corrected chi connectivity index (χ4v) is 16.8. The predicted octanol–water partition coefficient (Wildman–Crippen LogP) is 7.97. The van der Waals surface area contributed by atoms with Crippen LogP contribution in [-0.4, -0.2) is 219 Å². The fourth-order valence-electron chi connectivity index (χ4n) is 16.5. The molecule has 133 heavy (non-hydrogen) atoms. The number of benzene rings is 10. The number of aliphatic hydroxyl groups excluding tert-OH is 4. The first-order valence-corrected chi connectivity index (χ1v) is 45.7. The van der Waals surface area contributed by atoms with E-state index in [0.29, 0.717) is 11.1 Å². The van der Waals surface area contributed by atoms with Crippen LogP contribution in [0.25, 0.3) is 0 Å². The van der Waals surface area contributed by atoms with Gasteiger partial charge >= 0.3 is 40.0 Å². The van der Waals surface area contributed by atoms with Crippen molar-refractivity contribution in [3.8, 4) is 0 Å². The summed E-state index contributed by atoms with van der Waals surface area (Å²) in [5, 5.41) is 64.3. The zero-order valence-corrected chi connectivity index (χ0v) is 77.0. The summed E-state index contributed by atoms with van der Waals surface area (Å²) in [6.45, 7) is 0.959. The Balaban J connectivity index is 0.0000142. The Morgan fingerprint density at radius 2 is 0.564 bits per heavy atom. The van der Waals surface area contributed by atoms with Crippen LogP contribution < -0.4 is 34.7 Å². The van der Waals surface area contributed by atoms with E-state index in [4.69, 9.17) is 99.2 Å². The summed E-state index contributed by atoms with van der Waals surface area (Å²) in [5.41, 5.74) is 7.82. The molecular weight excluding hydrogens is 1740 g/mol. The van der Waals surface area contributed by atoms with Gasteiger partial charge in [-0.2, -0.15) is 8.42 Å². The minimum Gasteiger partial charge on any atom is -0.862 e. The van der Waals surface area contributed by atoms with E-state index in [1.54, 1.807) is 6.92 Å². The molecule has 0 bridgehead atoms. The van der Waals surface area contributed by atoms with E-state index in [1.165, 1.54) is 6.92 Å². The van der Waals surface area contributed by atoms with Crippen molar-refractivity contribution in [2.24, 2.45) is 4.99 Å². The van der Waals surface area contributed by atoms with Crippen molar-refractivity contribution in [3.63, 3.8) is 0 Å². The summed E-state index contributed by atoms with van der Waals surface area (Å²) in [6.07, 6.45) is -37.5. The molecule has 15 rings (SSSR count). The van der Waals surface area contributed by atoms with Gasteiger partial charge in [0.15, 0.2) is 31.5 Å². The van der Waals surface area contributed by atoms with Crippen LogP contribution in [0.2, 0.25) is 0 Å². The fraction of sp³-hybridized carbons (Fsp3) is 0.402. The molecule has 10 aromatic rings. The standard InChI is InChI=1S/C102H115NO28S.Na/c1-67-88(115-56-72-39-19-6-20-40-72)93(116-57-73-41-21-7-22-42-73)97(120-61-77-49-29-11-30-50-77)101(123-67)130-91-83(103-68(2)104)98(126-81(64-113-54-70-35-15-4-16-36-70)89(91)128-99-87(108)86(107)84(105)80(124-99)66-122-132(109,110)111)131-92-85(106)79(63-112-53-69-33-13-3-14-34-69)125-102(95(92)118-59-75-45-25-9-26-46-75)129-90-82(65-114-55-71-37-17-5-18-38-71)127-100(121-62-78-51-31-12-32-52-78)96(119-60-76-47-27-10-28-48-76)94(90)117-58-74-43-23-8-24-44-74;/h3-52,67,79-102,105-108H,53-66H2,1-2H3,(H,103,104)(H,109,110,111);/q;+1/p-1/t67-,79+,80+,81+,82+,83+,84-,85-,86-,87+,88+,89+,90+,91+,92-,93+,94-,95+,96+,97-,98-,99-,100+,101-,102-;/m0./s1. The summed E-state index contributed by atoms with van der Waals surface area (Å²) in [6, 6.07) is 92.8. The van der Waals surface area contributed by atoms with Crippen molar-refractivity contribution in [2.45, 2.75) is 233 Å². The third kappa shape index (κ3) is 29.1. The summed E-state index contributed by atoms with van der Waals surface area (Å²) < 4.78 is 174. The first-order chi connectivity index (χ1) is 64.5. The molecule has 0 saturated carbocycles. The van der Waals surface area contributed by atoms with Gasteiger partial charge in [0, 0.05) is 0 Å². The van der Waals surface area contributed by atoms with E-state index in [2.05, 4.69) is 0 Å². The summed E-state index contributed by atoms with van der Waals surface area (Å²) >= 11 is 0. The smallest absolute Gasteiger partial charge is 0.862 e. The van der Waals surface area contributed by atoms with Crippen LogP contribution in [0.15, 0.2) is 308 Å². The van der Waals surface area contributed by atoms with Gasteiger partial charge in [0.2, 0.25) is 0 Å². The van der Waals surface area contributed by atoms with Gasteiger partial charge in [-0.25, -0.2) is 4.18 Å². The first kappa shape index (κ1) is 101. The van der Waals surface area contributed by atoms with E-state index in [0.717, 1.165) is 44.5 Å². The SMILES string of the molecule is CC([O-])=N[C@H]1[C@H](O[C@H]2[C@@H](O)[C@@H](COCc3ccccc3)O[C@@H](O[C@H]3[C@H](OCc4ccccc4)[C@@H](OCc4ccccc4)[C@H](OCc4ccccc4)O[C@@H]3COCc3ccccc3)[C@@H]2OCc2ccccc2)O[C@H](COCc2ccccc2)[C@@H](O[C@@H]2O[C@H](COS(=O)(=O)O)[C@H](O)[C@H](O)[C@H]2O)[C@@H]1O[C@@H]1O[C@@H](C)[C@@H](OCc2ccccc2)[C@@H](OCc2ccccc2)[C@@H]1OCc1ccccc1.[Na+]. The molecule has 0 unspecified atom stereocenters. The molecule has 5 aliphatic heterocycles. The molecule has 5 aliphatic rings. The molecule has 0 spiro atoms. The van der Waals surface area contributed by atoms with E-state index < -0.39 is 183 Å². The number of aliphatic hydroxyl groups is 4. The summed E-state index contributed by atoms with van der Waals surface area (Å²) in [7, 11) is -5.23. The molecule has 5 heterocycles. The van der Waals surface area contributed by atoms with Gasteiger partial charge in [-0.15, -0.1) is 0 Å². The van der Waals surface area contributed by atoms with E-state index in [1.807, 2.05) is 303 Å². The molecule has 0 aromatic heterocycles. The average molecular weight is 1860 g/mol. The number of nitrogens with zero attached hydrogens (tertiary/aromatic N) is 1. The number of rotatable bonds is 45. The topological polar surface area (TPSA) is 355 Å². The largest absolute Gasteiger partial charge is 1.00 e. The molecular formula is C102H114NNaO28S. The van der Waals surface area contributed by atoms with E-state index in [-0.39, 0.29) is 109 Å². The molecule has 702 valence electrons. The Bertz CT molecular complexity index is 5120. The second kappa shape index (κ2) is 51.2. The maximum Gasteiger partial charge on any atom is 1.00 e. The van der Waals surface area contributed by atoms with Crippen LogP contribution in [0.1, 0.15) is 69.5 Å². The number of ether oxygens (including phenoxy) is 19. The second-order valence-electron chi connectivity index (χ2n) is 33.0. The van der Waals surface area contributed by atoms with E-state index in [9.17, 15) is 38.5 Å². The van der Waals surface area contributed by atoms with Gasteiger partial charge < -0.3 is 116 Å². The van der Waals surface area contributed by atoms with Crippen molar-refractivity contribution in [1.29, 1.82) is 0 Å². The van der Waals surface area contributed by atoms with Crippen LogP contribution in [0.4, 0.5) is 0 Å². The van der Waals surface area contributed by atoms with Crippen molar-refractivity contribution in [3.05, 3.63) is 359 Å². The monoisotopic (exact) mass is 1860 g/mol. The molecule has 25 atom stereocenters. The summed E-state index contributed by atoms with van der Waals surface area (Å²) in [4.78, 5) is 4.85. The molecule has 0 aliphatic carbocycles. The third-order valence-corrected chi connectivity index (χ3v) is 23.7. The maximum absolute atomic E-state index is 14.8. The van der Waals surface area contributed by atoms with Crippen molar-refractivity contribution in [2.75, 3.05) is 26.4 Å². The third-order valence-electron chi connectivity index (χ3n) is 23.2. The first-order valence-electron chi connectivity index (χ1n) is 44.4. The summed E-state index contributed by atoms with van der Waals surface area (Å²) in [5.74, 6) is -0.834. The van der Waals surface area contributed by atoms with Crippen molar-refractivity contribution >= 4 is 16.3 Å². The Labute approximate surface area is 797 Å². The van der Waals surface area contributed by atoms with Gasteiger partial charge in [0.05, 0.1) is 98.6 Å². The normalized spacial score (nSPS) is 29.1. The minimum absolute atomic E-state index is 0. The van der Waals surface area contributed by atoms with E-state index >= 15 is 0 Å². The molecule has 0 amide bonds. The Hall–Kier alpha value is -8.38. The number of hydrogen-bond acceptors (Lipinski definition) is 28. The molecule has 10 aromatic carbocycles. The second-order valence-corrected chi connectivity index (χ2v) is 34.1. The minimum atomic E-state index is -5.23. The number of aliphatic imine (C=N–C) groups is 1. The Morgan fingerprint density at radius 1 is 0.293 bits per heavy atom. The average Bonchev–Trinajstić information content (AvgIpc) is 0.754. The van der Waals surface area contributed by atoms with Crippen molar-refractivity contribution in [1.82, 2.24) is 0 Å². The van der Waals surface area contributed by atoms with Gasteiger partial charge in [-0.05, 0) is 75.4 Å². The van der Waals surface area contributed by atoms with Gasteiger partial charge in [0.1, 0.15) is 116 Å². The zero-order valence-electron chi connectivity index (χ0n) is 74.2. The van der Waals surface area contributed by atoms with Crippen LogP contribution in [0.5, 0.6) is 0 Å². The van der Waals surface area contributed by atoms with Gasteiger partial charge in [-0.3, -0.25) is 9.55 Å². The molecule has 5 N–H and O–H groups in total. The molecule has 5 fully saturated rings. The number of hydrogen-bond donors (Lipinski definition) is 5. The predicted molar refractivity (Wildman–Crippen MR) is 477 cm³/mol. The molecule has 5 saturated heterocycles. The molecule has 29 nitrogen and oxygen atoms in total. The van der Waals surface area contributed by atoms with Gasteiger partial charge in [-0.1, -0.05) is 303 Å². The zero-order chi connectivity index (χ0) is 91.4. The molecule has 31 heteroatoms. The Morgan fingerprint density at radius 3 is 0.947 bits per heavy atom. The van der Waals surface area contributed by atoms with Crippen LogP contribution in [0, 0.1) is 0 Å². The Kier molecular flexibility index (Phi) is 38.7. The maximum atomic E-state index is 14.8. The van der Waals surface area contributed by atoms with Crippen LogP contribution in [-0.2, 0) is 171 Å². The van der Waals surface area contributed by atoms with Crippen LogP contribution >= 0.6 is 0 Å². The quantitative estimate of drug-likeness (QED) is 0.0104.